The van der Waals surface area contributed by atoms with Gasteiger partial charge in [-0.2, -0.15) is 0 Å². The Bertz CT molecular complexity index is 329. The lowest BCUT2D eigenvalue weighted by molar-refractivity contribution is 0.157. The molecular formula is C12H19BrN2O. The van der Waals surface area contributed by atoms with Crippen molar-refractivity contribution in [2.75, 3.05) is 25.6 Å². The van der Waals surface area contributed by atoms with Gasteiger partial charge in [0.15, 0.2) is 0 Å². The van der Waals surface area contributed by atoms with E-state index in [0.29, 0.717) is 0 Å². The van der Waals surface area contributed by atoms with Crippen LogP contribution in [0.1, 0.15) is 20.3 Å². The van der Waals surface area contributed by atoms with E-state index in [-0.39, 0.29) is 5.41 Å². The molecule has 0 bridgehead atoms. The Morgan fingerprint density at radius 1 is 1.44 bits per heavy atom. The van der Waals surface area contributed by atoms with Crippen molar-refractivity contribution in [1.82, 2.24) is 4.98 Å². The number of rotatable bonds is 6. The molecule has 0 saturated carbocycles. The van der Waals surface area contributed by atoms with Crippen molar-refractivity contribution in [2.45, 2.75) is 20.3 Å². The third kappa shape index (κ3) is 4.94. The van der Waals surface area contributed by atoms with Crippen LogP contribution in [0.4, 0.5) is 5.69 Å². The van der Waals surface area contributed by atoms with E-state index in [4.69, 9.17) is 4.74 Å². The Hall–Kier alpha value is -0.610. The summed E-state index contributed by atoms with van der Waals surface area (Å²) in [6.07, 6.45) is 4.65. The molecule has 0 spiro atoms. The van der Waals surface area contributed by atoms with Gasteiger partial charge in [-0.05, 0) is 33.8 Å². The van der Waals surface area contributed by atoms with E-state index in [1.165, 1.54) is 0 Å². The van der Waals surface area contributed by atoms with Crippen LogP contribution in [0.2, 0.25) is 0 Å². The fourth-order valence-electron chi connectivity index (χ4n) is 1.32. The molecule has 0 aliphatic heterocycles. The normalized spacial score (nSPS) is 11.5. The molecule has 1 heterocycles. The van der Waals surface area contributed by atoms with Crippen LogP contribution < -0.4 is 5.32 Å². The van der Waals surface area contributed by atoms with Gasteiger partial charge in [0.05, 0.1) is 11.9 Å². The SMILES string of the molecule is COCCC(C)(C)CNc1cncc(Br)c1. The zero-order chi connectivity index (χ0) is 12.0. The van der Waals surface area contributed by atoms with Crippen molar-refractivity contribution in [1.29, 1.82) is 0 Å². The Morgan fingerprint density at radius 3 is 2.81 bits per heavy atom. The van der Waals surface area contributed by atoms with Gasteiger partial charge in [-0.3, -0.25) is 4.98 Å². The summed E-state index contributed by atoms with van der Waals surface area (Å²) < 4.78 is 6.09. The highest BCUT2D eigenvalue weighted by Gasteiger charge is 2.17. The minimum Gasteiger partial charge on any atom is -0.385 e. The number of nitrogens with zero attached hydrogens (tertiary/aromatic N) is 1. The van der Waals surface area contributed by atoms with Crippen LogP contribution in [-0.2, 0) is 4.74 Å². The van der Waals surface area contributed by atoms with E-state index < -0.39 is 0 Å². The number of halogens is 1. The van der Waals surface area contributed by atoms with Crippen LogP contribution in [0.3, 0.4) is 0 Å². The van der Waals surface area contributed by atoms with E-state index in [0.717, 1.165) is 29.7 Å². The maximum absolute atomic E-state index is 5.10. The van der Waals surface area contributed by atoms with E-state index in [2.05, 4.69) is 40.1 Å². The van der Waals surface area contributed by atoms with Crippen molar-refractivity contribution >= 4 is 21.6 Å². The van der Waals surface area contributed by atoms with Crippen LogP contribution >= 0.6 is 15.9 Å². The van der Waals surface area contributed by atoms with Gasteiger partial charge in [0.2, 0.25) is 0 Å². The molecule has 4 heteroatoms. The lowest BCUT2D eigenvalue weighted by Gasteiger charge is -2.25. The molecular weight excluding hydrogens is 268 g/mol. The maximum Gasteiger partial charge on any atom is 0.0538 e. The first-order chi connectivity index (χ1) is 7.53. The number of hydrogen-bond donors (Lipinski definition) is 1. The van der Waals surface area contributed by atoms with Gasteiger partial charge in [-0.25, -0.2) is 0 Å². The van der Waals surface area contributed by atoms with Gasteiger partial charge < -0.3 is 10.1 Å². The smallest absolute Gasteiger partial charge is 0.0538 e. The summed E-state index contributed by atoms with van der Waals surface area (Å²) >= 11 is 3.40. The topological polar surface area (TPSA) is 34.1 Å². The number of nitrogens with one attached hydrogen (secondary N) is 1. The second kappa shape index (κ2) is 6.21. The molecule has 0 atom stereocenters. The fourth-order valence-corrected chi connectivity index (χ4v) is 1.68. The van der Waals surface area contributed by atoms with Crippen LogP contribution in [0.25, 0.3) is 0 Å². The second-order valence-electron chi connectivity index (χ2n) is 4.65. The predicted octanol–water partition coefficient (Wildman–Crippen LogP) is 3.32. The average molecular weight is 287 g/mol. The van der Waals surface area contributed by atoms with Crippen molar-refractivity contribution in [3.8, 4) is 0 Å². The van der Waals surface area contributed by atoms with E-state index in [9.17, 15) is 0 Å². The van der Waals surface area contributed by atoms with Crippen LogP contribution in [-0.4, -0.2) is 25.2 Å². The molecule has 1 aromatic heterocycles. The van der Waals surface area contributed by atoms with Crippen LogP contribution in [0, 0.1) is 5.41 Å². The quantitative estimate of drug-likeness (QED) is 0.871. The number of aromatic nitrogens is 1. The van der Waals surface area contributed by atoms with Crippen molar-refractivity contribution in [2.24, 2.45) is 5.41 Å². The molecule has 90 valence electrons. The fraction of sp³-hybridized carbons (Fsp3) is 0.583. The predicted molar refractivity (Wildman–Crippen MR) is 70.7 cm³/mol. The third-order valence-electron chi connectivity index (χ3n) is 2.46. The van der Waals surface area contributed by atoms with Crippen molar-refractivity contribution in [3.05, 3.63) is 22.9 Å². The highest BCUT2D eigenvalue weighted by molar-refractivity contribution is 9.10. The minimum atomic E-state index is 0.221. The molecule has 1 rings (SSSR count). The zero-order valence-electron chi connectivity index (χ0n) is 10.1. The van der Waals surface area contributed by atoms with Crippen LogP contribution in [0.15, 0.2) is 22.9 Å². The summed E-state index contributed by atoms with van der Waals surface area (Å²) in [5.74, 6) is 0. The molecule has 0 amide bonds. The van der Waals surface area contributed by atoms with Gasteiger partial charge in [0.1, 0.15) is 0 Å². The molecule has 0 aromatic carbocycles. The number of methoxy groups -OCH3 is 1. The summed E-state index contributed by atoms with van der Waals surface area (Å²) in [7, 11) is 1.74. The molecule has 0 radical (unpaired) electrons. The third-order valence-corrected chi connectivity index (χ3v) is 2.89. The van der Waals surface area contributed by atoms with Gasteiger partial charge in [-0.1, -0.05) is 13.8 Å². The molecule has 0 aliphatic carbocycles. The van der Waals surface area contributed by atoms with Gasteiger partial charge in [-0.15, -0.1) is 0 Å². The number of hydrogen-bond acceptors (Lipinski definition) is 3. The largest absolute Gasteiger partial charge is 0.385 e. The molecule has 1 N–H and O–H groups in total. The lowest BCUT2D eigenvalue weighted by atomic mass is 9.89. The number of pyridine rings is 1. The number of ether oxygens (including phenoxy) is 1. The van der Waals surface area contributed by atoms with E-state index >= 15 is 0 Å². The lowest BCUT2D eigenvalue weighted by Crippen LogP contribution is -2.24. The van der Waals surface area contributed by atoms with E-state index in [1.54, 1.807) is 13.3 Å². The summed E-state index contributed by atoms with van der Waals surface area (Å²) in [6, 6.07) is 2.03. The van der Waals surface area contributed by atoms with Crippen molar-refractivity contribution in [3.63, 3.8) is 0 Å². The van der Waals surface area contributed by atoms with Crippen molar-refractivity contribution < 1.29 is 4.74 Å². The summed E-state index contributed by atoms with van der Waals surface area (Å²) in [4.78, 5) is 4.11. The molecule has 0 fully saturated rings. The second-order valence-corrected chi connectivity index (χ2v) is 5.57. The first kappa shape index (κ1) is 13.5. The molecule has 3 nitrogen and oxygen atoms in total. The Labute approximate surface area is 106 Å². The summed E-state index contributed by atoms with van der Waals surface area (Å²) in [5, 5.41) is 3.39. The standard InChI is InChI=1S/C12H19BrN2O/c1-12(2,4-5-16-3)9-15-11-6-10(13)7-14-8-11/h6-8,15H,4-5,9H2,1-3H3. The summed E-state index contributed by atoms with van der Waals surface area (Å²) in [6.45, 7) is 6.16. The monoisotopic (exact) mass is 286 g/mol. The van der Waals surface area contributed by atoms with Gasteiger partial charge >= 0.3 is 0 Å². The van der Waals surface area contributed by atoms with Gasteiger partial charge in [0, 0.05) is 30.9 Å². The van der Waals surface area contributed by atoms with E-state index in [1.807, 2.05) is 12.3 Å². The summed E-state index contributed by atoms with van der Waals surface area (Å²) in [5.41, 5.74) is 1.26. The van der Waals surface area contributed by atoms with Gasteiger partial charge in [0.25, 0.3) is 0 Å². The first-order valence-electron chi connectivity index (χ1n) is 5.37. The zero-order valence-corrected chi connectivity index (χ0v) is 11.7. The Kier molecular flexibility index (Phi) is 5.22. The molecule has 16 heavy (non-hydrogen) atoms. The molecule has 1 aromatic rings. The Balaban J connectivity index is 2.44. The van der Waals surface area contributed by atoms with Crippen LogP contribution in [0.5, 0.6) is 0 Å². The minimum absolute atomic E-state index is 0.221. The molecule has 0 saturated heterocycles. The molecule has 0 unspecified atom stereocenters. The number of anilines is 1. The first-order valence-corrected chi connectivity index (χ1v) is 6.16. The maximum atomic E-state index is 5.10. The highest BCUT2D eigenvalue weighted by Crippen LogP contribution is 2.22. The average Bonchev–Trinajstić information content (AvgIpc) is 2.24. The molecule has 0 aliphatic rings. The Morgan fingerprint density at radius 2 is 2.19 bits per heavy atom. The highest BCUT2D eigenvalue weighted by atomic mass is 79.9.